The lowest BCUT2D eigenvalue weighted by atomic mass is 9.95. The van der Waals surface area contributed by atoms with Gasteiger partial charge in [0.25, 0.3) is 0 Å². The molecule has 0 radical (unpaired) electrons. The molecule has 2 rings (SSSR count). The lowest BCUT2D eigenvalue weighted by Crippen LogP contribution is -2.55. The van der Waals surface area contributed by atoms with E-state index < -0.39 is 5.54 Å². The van der Waals surface area contributed by atoms with Crippen LogP contribution in [-0.2, 0) is 14.3 Å². The zero-order chi connectivity index (χ0) is 17.0. The van der Waals surface area contributed by atoms with Gasteiger partial charge in [0.2, 0.25) is 11.8 Å². The fourth-order valence-electron chi connectivity index (χ4n) is 3.05. The molecule has 1 aromatic rings. The SMILES string of the molecule is COCCCNC(=O)[C@@]1(C)CCC(=O)N1c1cccc(C)c1C. The summed E-state index contributed by atoms with van der Waals surface area (Å²) in [6, 6.07) is 5.86. The summed E-state index contributed by atoms with van der Waals surface area (Å²) in [7, 11) is 1.64. The highest BCUT2D eigenvalue weighted by Gasteiger charge is 2.48. The van der Waals surface area contributed by atoms with Gasteiger partial charge in [-0.15, -0.1) is 0 Å². The van der Waals surface area contributed by atoms with Crippen LogP contribution in [-0.4, -0.2) is 37.6 Å². The summed E-state index contributed by atoms with van der Waals surface area (Å²) in [5.74, 6) is -0.0893. The summed E-state index contributed by atoms with van der Waals surface area (Å²) in [6.45, 7) is 7.02. The second kappa shape index (κ2) is 7.13. The van der Waals surface area contributed by atoms with Crippen LogP contribution in [0.2, 0.25) is 0 Å². The van der Waals surface area contributed by atoms with Crippen molar-refractivity contribution in [1.82, 2.24) is 5.32 Å². The van der Waals surface area contributed by atoms with Crippen molar-refractivity contribution in [3.05, 3.63) is 29.3 Å². The third-order valence-electron chi connectivity index (χ3n) is 4.69. The quantitative estimate of drug-likeness (QED) is 0.819. The van der Waals surface area contributed by atoms with Crippen LogP contribution in [0.3, 0.4) is 0 Å². The van der Waals surface area contributed by atoms with Crippen LogP contribution in [0.1, 0.15) is 37.3 Å². The molecular weight excluding hydrogens is 292 g/mol. The molecule has 0 unspecified atom stereocenters. The van der Waals surface area contributed by atoms with Gasteiger partial charge in [-0.25, -0.2) is 0 Å². The second-order valence-electron chi connectivity index (χ2n) is 6.32. The van der Waals surface area contributed by atoms with E-state index in [9.17, 15) is 9.59 Å². The van der Waals surface area contributed by atoms with Gasteiger partial charge in [-0.1, -0.05) is 12.1 Å². The average Bonchev–Trinajstić information content (AvgIpc) is 2.83. The van der Waals surface area contributed by atoms with Crippen molar-refractivity contribution < 1.29 is 14.3 Å². The van der Waals surface area contributed by atoms with Crippen molar-refractivity contribution in [3.8, 4) is 0 Å². The molecule has 0 aromatic heterocycles. The van der Waals surface area contributed by atoms with Crippen molar-refractivity contribution in [3.63, 3.8) is 0 Å². The smallest absolute Gasteiger partial charge is 0.246 e. The van der Waals surface area contributed by atoms with E-state index in [0.29, 0.717) is 26.0 Å². The van der Waals surface area contributed by atoms with E-state index in [0.717, 1.165) is 23.2 Å². The first-order valence-corrected chi connectivity index (χ1v) is 8.08. The van der Waals surface area contributed by atoms with E-state index >= 15 is 0 Å². The monoisotopic (exact) mass is 318 g/mol. The minimum absolute atomic E-state index is 0.00763. The van der Waals surface area contributed by atoms with E-state index in [1.165, 1.54) is 0 Å². The molecule has 0 aliphatic carbocycles. The average molecular weight is 318 g/mol. The van der Waals surface area contributed by atoms with E-state index in [-0.39, 0.29) is 11.8 Å². The molecule has 5 nitrogen and oxygen atoms in total. The summed E-state index contributed by atoms with van der Waals surface area (Å²) in [5, 5.41) is 2.94. The third-order valence-corrected chi connectivity index (χ3v) is 4.69. The van der Waals surface area contributed by atoms with Gasteiger partial charge < -0.3 is 10.1 Å². The number of hydrogen-bond donors (Lipinski definition) is 1. The zero-order valence-corrected chi connectivity index (χ0v) is 14.4. The molecule has 1 aliphatic heterocycles. The number of aryl methyl sites for hydroxylation is 1. The number of hydrogen-bond acceptors (Lipinski definition) is 3. The van der Waals surface area contributed by atoms with Crippen molar-refractivity contribution in [1.29, 1.82) is 0 Å². The summed E-state index contributed by atoms with van der Waals surface area (Å²) >= 11 is 0. The fourth-order valence-corrected chi connectivity index (χ4v) is 3.05. The maximum atomic E-state index is 12.7. The van der Waals surface area contributed by atoms with Crippen LogP contribution in [0.5, 0.6) is 0 Å². The number of carbonyl (C=O) groups is 2. The minimum Gasteiger partial charge on any atom is -0.385 e. The fraction of sp³-hybridized carbons (Fsp3) is 0.556. The van der Waals surface area contributed by atoms with Crippen LogP contribution in [0, 0.1) is 13.8 Å². The van der Waals surface area contributed by atoms with Crippen molar-refractivity contribution >= 4 is 17.5 Å². The molecule has 1 aliphatic rings. The second-order valence-corrected chi connectivity index (χ2v) is 6.32. The van der Waals surface area contributed by atoms with Gasteiger partial charge in [0, 0.05) is 32.4 Å². The van der Waals surface area contributed by atoms with Crippen molar-refractivity contribution in [2.24, 2.45) is 0 Å². The highest BCUT2D eigenvalue weighted by Crippen LogP contribution is 2.37. The van der Waals surface area contributed by atoms with E-state index in [2.05, 4.69) is 5.32 Å². The summed E-state index contributed by atoms with van der Waals surface area (Å²) < 4.78 is 4.99. The number of nitrogens with one attached hydrogen (secondary N) is 1. The Bertz CT molecular complexity index is 600. The van der Waals surface area contributed by atoms with Crippen molar-refractivity contribution in [2.75, 3.05) is 25.2 Å². The Morgan fingerprint density at radius 1 is 1.39 bits per heavy atom. The van der Waals surface area contributed by atoms with E-state index in [1.807, 2.05) is 39.0 Å². The molecular formula is C18H26N2O3. The molecule has 0 spiro atoms. The first-order valence-electron chi connectivity index (χ1n) is 8.08. The van der Waals surface area contributed by atoms with Crippen LogP contribution in [0.4, 0.5) is 5.69 Å². The molecule has 0 saturated carbocycles. The van der Waals surface area contributed by atoms with Gasteiger partial charge in [0.15, 0.2) is 0 Å². The van der Waals surface area contributed by atoms with Crippen molar-refractivity contribution in [2.45, 2.75) is 45.6 Å². The van der Waals surface area contributed by atoms with Crippen LogP contribution < -0.4 is 10.2 Å². The Balaban J connectivity index is 2.24. The number of carbonyl (C=O) groups excluding carboxylic acids is 2. The van der Waals surface area contributed by atoms with Crippen LogP contribution in [0.15, 0.2) is 18.2 Å². The predicted molar refractivity (Wildman–Crippen MR) is 90.5 cm³/mol. The summed E-state index contributed by atoms with van der Waals surface area (Å²) in [5.41, 5.74) is 2.16. The Labute approximate surface area is 138 Å². The first kappa shape index (κ1) is 17.5. The lowest BCUT2D eigenvalue weighted by Gasteiger charge is -2.35. The number of methoxy groups -OCH3 is 1. The topological polar surface area (TPSA) is 58.6 Å². The molecule has 5 heteroatoms. The molecule has 0 bridgehead atoms. The van der Waals surface area contributed by atoms with Gasteiger partial charge in [-0.3, -0.25) is 14.5 Å². The molecule has 1 saturated heterocycles. The molecule has 2 amide bonds. The predicted octanol–water partition coefficient (Wildman–Crippen LogP) is 2.34. The highest BCUT2D eigenvalue weighted by atomic mass is 16.5. The normalized spacial score (nSPS) is 20.9. The number of amides is 2. The number of ether oxygens (including phenoxy) is 1. The van der Waals surface area contributed by atoms with E-state index in [4.69, 9.17) is 4.74 Å². The van der Waals surface area contributed by atoms with Crippen LogP contribution in [0.25, 0.3) is 0 Å². The molecule has 1 heterocycles. The van der Waals surface area contributed by atoms with Crippen LogP contribution >= 0.6 is 0 Å². The molecule has 1 aromatic carbocycles. The van der Waals surface area contributed by atoms with Gasteiger partial charge in [0.1, 0.15) is 5.54 Å². The largest absolute Gasteiger partial charge is 0.385 e. The Morgan fingerprint density at radius 2 is 2.13 bits per heavy atom. The molecule has 23 heavy (non-hydrogen) atoms. The lowest BCUT2D eigenvalue weighted by molar-refractivity contribution is -0.127. The van der Waals surface area contributed by atoms with Gasteiger partial charge in [-0.05, 0) is 50.8 Å². The number of anilines is 1. The maximum Gasteiger partial charge on any atom is 0.246 e. The standard InChI is InChI=1S/C18H26N2O3/c1-13-7-5-8-15(14(13)2)20-16(21)9-10-18(20,3)17(22)19-11-6-12-23-4/h5,7-8H,6,9-12H2,1-4H3,(H,19,22)/t18-/m1/s1. The number of benzene rings is 1. The van der Waals surface area contributed by atoms with Gasteiger partial charge >= 0.3 is 0 Å². The number of rotatable bonds is 6. The molecule has 1 N–H and O–H groups in total. The molecule has 1 atom stereocenters. The first-order chi connectivity index (χ1) is 10.9. The summed E-state index contributed by atoms with van der Waals surface area (Å²) in [6.07, 6.45) is 1.69. The minimum atomic E-state index is -0.831. The molecule has 126 valence electrons. The zero-order valence-electron chi connectivity index (χ0n) is 14.4. The number of nitrogens with zero attached hydrogens (tertiary/aromatic N) is 1. The maximum absolute atomic E-state index is 12.7. The Hall–Kier alpha value is -1.88. The third kappa shape index (κ3) is 3.39. The van der Waals surface area contributed by atoms with Gasteiger partial charge in [-0.2, -0.15) is 0 Å². The summed E-state index contributed by atoms with van der Waals surface area (Å²) in [4.78, 5) is 26.9. The Kier molecular flexibility index (Phi) is 5.42. The van der Waals surface area contributed by atoms with Gasteiger partial charge in [0.05, 0.1) is 0 Å². The van der Waals surface area contributed by atoms with E-state index in [1.54, 1.807) is 12.0 Å². The Morgan fingerprint density at radius 3 is 2.83 bits per heavy atom. The molecule has 1 fully saturated rings. The highest BCUT2D eigenvalue weighted by molar-refractivity contribution is 6.07.